The summed E-state index contributed by atoms with van der Waals surface area (Å²) in [5, 5.41) is 8.48. The van der Waals surface area contributed by atoms with Crippen LogP contribution in [0.1, 0.15) is 22.8 Å². The van der Waals surface area contributed by atoms with Crippen LogP contribution >= 0.6 is 28.1 Å². The maximum Gasteiger partial charge on any atom is 0.257 e. The Hall–Kier alpha value is -2.25. The first kappa shape index (κ1) is 18.1. The van der Waals surface area contributed by atoms with Gasteiger partial charge in [0.15, 0.2) is 5.11 Å². The largest absolute Gasteiger partial charge is 0.332 e. The average molecular weight is 406 g/mol. The van der Waals surface area contributed by atoms with Crippen molar-refractivity contribution in [3.8, 4) is 0 Å². The standard InChI is InChI=1S/C17H16BrN3O2S/c1-10-3-8-14(9-15(10)19-11(2)22)20-17(24)21-16(23)12-4-6-13(18)7-5-12/h3-9H,1-2H3,(H,19,22)(H2,20,21,23,24). The molecule has 0 heterocycles. The second-order valence-corrected chi connectivity index (χ2v) is 6.45. The van der Waals surface area contributed by atoms with Crippen molar-refractivity contribution in [1.82, 2.24) is 5.32 Å². The third kappa shape index (κ3) is 5.14. The molecule has 0 aliphatic rings. The van der Waals surface area contributed by atoms with Crippen LogP contribution in [0.3, 0.4) is 0 Å². The minimum atomic E-state index is -0.297. The third-order valence-electron chi connectivity index (χ3n) is 3.14. The molecule has 0 saturated carbocycles. The van der Waals surface area contributed by atoms with Gasteiger partial charge in [-0.05, 0) is 61.1 Å². The number of carbonyl (C=O) groups is 2. The maximum atomic E-state index is 12.1. The molecule has 0 spiro atoms. The monoisotopic (exact) mass is 405 g/mol. The lowest BCUT2D eigenvalue weighted by atomic mass is 10.2. The number of rotatable bonds is 3. The van der Waals surface area contributed by atoms with Crippen LogP contribution in [0.25, 0.3) is 0 Å². The van der Waals surface area contributed by atoms with E-state index in [9.17, 15) is 9.59 Å². The number of aryl methyl sites for hydroxylation is 1. The number of hydrogen-bond donors (Lipinski definition) is 3. The fourth-order valence-electron chi connectivity index (χ4n) is 1.96. The number of nitrogens with one attached hydrogen (secondary N) is 3. The number of thiocarbonyl (C=S) groups is 1. The summed E-state index contributed by atoms with van der Waals surface area (Å²) in [7, 11) is 0. The molecule has 0 aliphatic heterocycles. The topological polar surface area (TPSA) is 70.2 Å². The zero-order chi connectivity index (χ0) is 17.7. The summed E-state index contributed by atoms with van der Waals surface area (Å²) in [6.45, 7) is 3.34. The molecule has 0 unspecified atom stereocenters. The zero-order valence-corrected chi connectivity index (χ0v) is 15.5. The van der Waals surface area contributed by atoms with Crippen molar-refractivity contribution in [2.75, 3.05) is 10.6 Å². The van der Waals surface area contributed by atoms with E-state index < -0.39 is 0 Å². The normalized spacial score (nSPS) is 9.96. The van der Waals surface area contributed by atoms with Gasteiger partial charge in [-0.15, -0.1) is 0 Å². The highest BCUT2D eigenvalue weighted by molar-refractivity contribution is 9.10. The second-order valence-electron chi connectivity index (χ2n) is 5.13. The van der Waals surface area contributed by atoms with E-state index in [1.165, 1.54) is 6.92 Å². The van der Waals surface area contributed by atoms with Crippen LogP contribution in [0.5, 0.6) is 0 Å². The van der Waals surface area contributed by atoms with E-state index in [4.69, 9.17) is 12.2 Å². The first-order valence-corrected chi connectivity index (χ1v) is 8.31. The molecule has 0 atom stereocenters. The molecular formula is C17H16BrN3O2S. The summed E-state index contributed by atoms with van der Waals surface area (Å²) in [6, 6.07) is 12.4. The molecule has 0 aromatic heterocycles. The van der Waals surface area contributed by atoms with E-state index in [0.717, 1.165) is 10.0 Å². The summed E-state index contributed by atoms with van der Waals surface area (Å²) < 4.78 is 0.893. The number of benzene rings is 2. The van der Waals surface area contributed by atoms with Crippen LogP contribution in [0.2, 0.25) is 0 Å². The van der Waals surface area contributed by atoms with Gasteiger partial charge < -0.3 is 10.6 Å². The molecular weight excluding hydrogens is 390 g/mol. The van der Waals surface area contributed by atoms with Crippen LogP contribution in [-0.2, 0) is 4.79 Å². The molecule has 0 aliphatic carbocycles. The van der Waals surface area contributed by atoms with Gasteiger partial charge in [0.2, 0.25) is 5.91 Å². The summed E-state index contributed by atoms with van der Waals surface area (Å²) in [4.78, 5) is 23.3. The van der Waals surface area contributed by atoms with E-state index in [2.05, 4.69) is 31.9 Å². The Morgan fingerprint density at radius 2 is 1.71 bits per heavy atom. The van der Waals surface area contributed by atoms with Crippen molar-refractivity contribution in [2.45, 2.75) is 13.8 Å². The van der Waals surface area contributed by atoms with Gasteiger partial charge in [-0.3, -0.25) is 14.9 Å². The van der Waals surface area contributed by atoms with E-state index in [1.54, 1.807) is 30.3 Å². The van der Waals surface area contributed by atoms with Gasteiger partial charge in [0.25, 0.3) is 5.91 Å². The van der Waals surface area contributed by atoms with Crippen LogP contribution in [0.15, 0.2) is 46.9 Å². The molecule has 3 N–H and O–H groups in total. The minimum Gasteiger partial charge on any atom is -0.332 e. The first-order chi connectivity index (χ1) is 11.3. The van der Waals surface area contributed by atoms with Gasteiger partial charge >= 0.3 is 0 Å². The number of halogens is 1. The molecule has 2 aromatic carbocycles. The van der Waals surface area contributed by atoms with Crippen molar-refractivity contribution in [3.63, 3.8) is 0 Å². The molecule has 2 aromatic rings. The molecule has 0 fully saturated rings. The van der Waals surface area contributed by atoms with Crippen molar-refractivity contribution in [2.24, 2.45) is 0 Å². The molecule has 5 nitrogen and oxygen atoms in total. The lowest BCUT2D eigenvalue weighted by Crippen LogP contribution is -2.34. The number of anilines is 2. The van der Waals surface area contributed by atoms with Crippen molar-refractivity contribution >= 4 is 56.4 Å². The van der Waals surface area contributed by atoms with Gasteiger partial charge in [0, 0.05) is 28.3 Å². The Bertz CT molecular complexity index is 791. The Morgan fingerprint density at radius 1 is 1.04 bits per heavy atom. The summed E-state index contributed by atoms with van der Waals surface area (Å²) in [5.41, 5.74) is 2.80. The van der Waals surface area contributed by atoms with Crippen molar-refractivity contribution < 1.29 is 9.59 Å². The van der Waals surface area contributed by atoms with Gasteiger partial charge in [-0.1, -0.05) is 22.0 Å². The van der Waals surface area contributed by atoms with Crippen LogP contribution in [-0.4, -0.2) is 16.9 Å². The third-order valence-corrected chi connectivity index (χ3v) is 3.87. The highest BCUT2D eigenvalue weighted by Gasteiger charge is 2.09. The quantitative estimate of drug-likeness (QED) is 0.678. The summed E-state index contributed by atoms with van der Waals surface area (Å²) in [6.07, 6.45) is 0. The lowest BCUT2D eigenvalue weighted by molar-refractivity contribution is -0.114. The Morgan fingerprint density at radius 3 is 2.33 bits per heavy atom. The van der Waals surface area contributed by atoms with E-state index in [-0.39, 0.29) is 16.9 Å². The van der Waals surface area contributed by atoms with Gasteiger partial charge in [0.1, 0.15) is 0 Å². The summed E-state index contributed by atoms with van der Waals surface area (Å²) in [5.74, 6) is -0.449. The molecule has 2 rings (SSSR count). The van der Waals surface area contributed by atoms with Crippen molar-refractivity contribution in [3.05, 3.63) is 58.1 Å². The molecule has 124 valence electrons. The zero-order valence-electron chi connectivity index (χ0n) is 13.1. The molecule has 0 bridgehead atoms. The number of hydrogen-bond acceptors (Lipinski definition) is 3. The SMILES string of the molecule is CC(=O)Nc1cc(NC(=S)NC(=O)c2ccc(Br)cc2)ccc1C. The van der Waals surface area contributed by atoms with Gasteiger partial charge in [-0.2, -0.15) is 0 Å². The van der Waals surface area contributed by atoms with E-state index in [0.29, 0.717) is 16.9 Å². The molecule has 0 radical (unpaired) electrons. The van der Waals surface area contributed by atoms with Crippen LogP contribution < -0.4 is 16.0 Å². The van der Waals surface area contributed by atoms with E-state index >= 15 is 0 Å². The fraction of sp³-hybridized carbons (Fsp3) is 0.118. The minimum absolute atomic E-state index is 0.152. The van der Waals surface area contributed by atoms with Crippen LogP contribution in [0, 0.1) is 6.92 Å². The predicted octanol–water partition coefficient (Wildman–Crippen LogP) is 3.84. The van der Waals surface area contributed by atoms with E-state index in [1.807, 2.05) is 19.1 Å². The number of carbonyl (C=O) groups excluding carboxylic acids is 2. The Kier molecular flexibility index (Phi) is 6.05. The smallest absolute Gasteiger partial charge is 0.257 e. The first-order valence-electron chi connectivity index (χ1n) is 7.11. The Labute approximate surface area is 154 Å². The Balaban J connectivity index is 2.03. The lowest BCUT2D eigenvalue weighted by Gasteiger charge is -2.12. The summed E-state index contributed by atoms with van der Waals surface area (Å²) >= 11 is 8.48. The number of amides is 2. The highest BCUT2D eigenvalue weighted by Crippen LogP contribution is 2.20. The second kappa shape index (κ2) is 8.03. The van der Waals surface area contributed by atoms with Crippen LogP contribution in [0.4, 0.5) is 11.4 Å². The molecule has 2 amide bonds. The highest BCUT2D eigenvalue weighted by atomic mass is 79.9. The molecule has 7 heteroatoms. The maximum absolute atomic E-state index is 12.1. The van der Waals surface area contributed by atoms with Crippen molar-refractivity contribution in [1.29, 1.82) is 0 Å². The molecule has 24 heavy (non-hydrogen) atoms. The predicted molar refractivity (Wildman–Crippen MR) is 103 cm³/mol. The molecule has 0 saturated heterocycles. The average Bonchev–Trinajstić information content (AvgIpc) is 2.50. The van der Waals surface area contributed by atoms with Gasteiger partial charge in [-0.25, -0.2) is 0 Å². The van der Waals surface area contributed by atoms with Gasteiger partial charge in [0.05, 0.1) is 0 Å². The fourth-order valence-corrected chi connectivity index (χ4v) is 2.44.